The third-order valence-corrected chi connectivity index (χ3v) is 1.83. The minimum atomic E-state index is -0.0534. The smallest absolute Gasteiger partial charge is 0.255 e. The van der Waals surface area contributed by atoms with Gasteiger partial charge in [0.05, 0.1) is 5.56 Å². The van der Waals surface area contributed by atoms with Crippen molar-refractivity contribution in [3.05, 3.63) is 36.5 Å². The number of hydrogen-bond donors (Lipinski definition) is 0. The van der Waals surface area contributed by atoms with Crippen molar-refractivity contribution in [1.82, 2.24) is 9.88 Å². The van der Waals surface area contributed by atoms with Crippen molar-refractivity contribution in [2.24, 2.45) is 0 Å². The molecule has 0 N–H and O–H groups in total. The van der Waals surface area contributed by atoms with E-state index in [1.54, 1.807) is 18.0 Å². The van der Waals surface area contributed by atoms with Crippen LogP contribution >= 0.6 is 0 Å². The lowest BCUT2D eigenvalue weighted by molar-refractivity contribution is 0.0802. The van der Waals surface area contributed by atoms with E-state index in [-0.39, 0.29) is 5.91 Å². The lowest BCUT2D eigenvalue weighted by Crippen LogP contribution is -2.26. The van der Waals surface area contributed by atoms with Gasteiger partial charge in [-0.05, 0) is 18.6 Å². The fourth-order valence-corrected chi connectivity index (χ4v) is 0.939. The fraction of sp³-hybridized carbons (Fsp3) is 0.300. The summed E-state index contributed by atoms with van der Waals surface area (Å²) in [5.41, 5.74) is 1.04. The van der Waals surface area contributed by atoms with Crippen LogP contribution in [-0.2, 0) is 0 Å². The van der Waals surface area contributed by atoms with Crippen LogP contribution in [0.4, 0.5) is 0 Å². The molecule has 0 unspecified atom stereocenters. The van der Waals surface area contributed by atoms with E-state index in [4.69, 9.17) is 6.92 Å². The molecule has 0 spiro atoms. The zero-order valence-corrected chi connectivity index (χ0v) is 7.82. The molecule has 68 valence electrons. The van der Waals surface area contributed by atoms with Gasteiger partial charge in [-0.25, -0.2) is 0 Å². The lowest BCUT2D eigenvalue weighted by atomic mass is 10.2. The Morgan fingerprint density at radius 3 is 2.85 bits per heavy atom. The molecule has 0 atom stereocenters. The van der Waals surface area contributed by atoms with Crippen molar-refractivity contribution < 1.29 is 4.79 Å². The average molecular weight is 176 g/mol. The molecule has 0 saturated heterocycles. The highest BCUT2D eigenvalue weighted by molar-refractivity contribution is 5.93. The van der Waals surface area contributed by atoms with Gasteiger partial charge in [0.2, 0.25) is 0 Å². The van der Waals surface area contributed by atoms with Gasteiger partial charge in [-0.3, -0.25) is 9.78 Å². The number of hydrogen-bond acceptors (Lipinski definition) is 2. The minimum absolute atomic E-state index is 0.0534. The summed E-state index contributed by atoms with van der Waals surface area (Å²) >= 11 is 0. The highest BCUT2D eigenvalue weighted by Crippen LogP contribution is 2.04. The zero-order valence-electron chi connectivity index (χ0n) is 7.82. The van der Waals surface area contributed by atoms with Crippen molar-refractivity contribution in [3.63, 3.8) is 0 Å². The lowest BCUT2D eigenvalue weighted by Gasteiger charge is -2.13. The van der Waals surface area contributed by atoms with E-state index in [2.05, 4.69) is 4.98 Å². The zero-order chi connectivity index (χ0) is 9.84. The predicted molar refractivity (Wildman–Crippen MR) is 50.3 cm³/mol. The van der Waals surface area contributed by atoms with Gasteiger partial charge in [0.1, 0.15) is 0 Å². The fourth-order valence-electron chi connectivity index (χ4n) is 0.939. The van der Waals surface area contributed by atoms with Gasteiger partial charge in [0, 0.05) is 32.9 Å². The second-order valence-corrected chi connectivity index (χ2v) is 2.83. The first-order valence-electron chi connectivity index (χ1n) is 4.11. The first-order valence-corrected chi connectivity index (χ1v) is 4.11. The van der Waals surface area contributed by atoms with Crippen LogP contribution in [0.3, 0.4) is 0 Å². The van der Waals surface area contributed by atoms with Crippen molar-refractivity contribution in [2.45, 2.75) is 6.92 Å². The Labute approximate surface area is 78.4 Å². The molecule has 0 aliphatic heterocycles. The normalized spacial score (nSPS) is 9.77. The number of aromatic nitrogens is 1. The van der Waals surface area contributed by atoms with Gasteiger partial charge < -0.3 is 4.90 Å². The van der Waals surface area contributed by atoms with Crippen LogP contribution in [0.25, 0.3) is 0 Å². The molecule has 1 rings (SSSR count). The largest absolute Gasteiger partial charge is 0.342 e. The molecule has 1 aromatic rings. The summed E-state index contributed by atoms with van der Waals surface area (Å²) in [6.45, 7) is 8.09. The topological polar surface area (TPSA) is 33.2 Å². The van der Waals surface area contributed by atoms with Crippen LogP contribution in [0.15, 0.2) is 18.5 Å². The number of carbonyl (C=O) groups is 1. The molecular weight excluding hydrogens is 164 g/mol. The summed E-state index contributed by atoms with van der Waals surface area (Å²) in [4.78, 5) is 17.0. The average Bonchev–Trinajstić information content (AvgIpc) is 2.15. The van der Waals surface area contributed by atoms with E-state index < -0.39 is 0 Å². The summed E-state index contributed by atoms with van der Waals surface area (Å²) in [7, 11) is 1.74. The molecular formula is C10H12N2O. The predicted octanol–water partition coefficient (Wildman–Crippen LogP) is 1.23. The summed E-state index contributed by atoms with van der Waals surface area (Å²) in [5, 5.41) is 0. The van der Waals surface area contributed by atoms with Gasteiger partial charge in [-0.2, -0.15) is 0 Å². The van der Waals surface area contributed by atoms with Crippen LogP contribution < -0.4 is 0 Å². The summed E-state index contributed by atoms with van der Waals surface area (Å²) in [6, 6.07) is 1.63. The Morgan fingerprint density at radius 2 is 2.31 bits per heavy atom. The van der Waals surface area contributed by atoms with Gasteiger partial charge in [-0.15, -0.1) is 0 Å². The van der Waals surface area contributed by atoms with Gasteiger partial charge in [0.25, 0.3) is 5.91 Å². The number of rotatable bonds is 2. The van der Waals surface area contributed by atoms with Crippen molar-refractivity contribution >= 4 is 5.91 Å². The molecule has 3 nitrogen and oxygen atoms in total. The maximum atomic E-state index is 11.6. The van der Waals surface area contributed by atoms with E-state index in [1.807, 2.05) is 6.92 Å². The van der Waals surface area contributed by atoms with Gasteiger partial charge in [0.15, 0.2) is 0 Å². The van der Waals surface area contributed by atoms with Crippen LogP contribution in [0.2, 0.25) is 0 Å². The van der Waals surface area contributed by atoms with E-state index in [9.17, 15) is 4.79 Å². The first kappa shape index (κ1) is 9.71. The Hall–Kier alpha value is -1.38. The van der Waals surface area contributed by atoms with E-state index in [1.165, 1.54) is 12.4 Å². The van der Waals surface area contributed by atoms with Crippen LogP contribution in [0, 0.1) is 6.92 Å². The second-order valence-electron chi connectivity index (χ2n) is 2.83. The van der Waals surface area contributed by atoms with Crippen molar-refractivity contribution in [1.29, 1.82) is 0 Å². The molecule has 0 aliphatic carbocycles. The quantitative estimate of drug-likeness (QED) is 0.679. The van der Waals surface area contributed by atoms with Gasteiger partial charge >= 0.3 is 0 Å². The third kappa shape index (κ3) is 2.28. The molecule has 1 heterocycles. The molecule has 2 radical (unpaired) electrons. The van der Waals surface area contributed by atoms with E-state index in [0.29, 0.717) is 17.7 Å². The Bertz CT molecular complexity index is 310. The molecule has 0 aliphatic rings. The second kappa shape index (κ2) is 4.03. The van der Waals surface area contributed by atoms with Crippen LogP contribution in [0.5, 0.6) is 0 Å². The summed E-state index contributed by atoms with van der Waals surface area (Å²) in [5.74, 6) is -0.0534. The van der Waals surface area contributed by atoms with Crippen LogP contribution in [0.1, 0.15) is 22.8 Å². The van der Waals surface area contributed by atoms with Crippen LogP contribution in [-0.4, -0.2) is 29.4 Å². The molecule has 13 heavy (non-hydrogen) atoms. The Kier molecular flexibility index (Phi) is 3.01. The molecule has 0 fully saturated rings. The maximum Gasteiger partial charge on any atom is 0.255 e. The number of nitrogens with zero attached hydrogens (tertiary/aromatic N) is 2. The Morgan fingerprint density at radius 1 is 1.62 bits per heavy atom. The monoisotopic (exact) mass is 176 g/mol. The standard InChI is InChI=1S/C10H12N2O/c1-4-12(3)10(13)9-5-8(2)6-11-7-9/h2,5-7H,4H2,1,3H3. The summed E-state index contributed by atoms with van der Waals surface area (Å²) < 4.78 is 0. The molecule has 0 aromatic carbocycles. The third-order valence-electron chi connectivity index (χ3n) is 1.83. The number of carbonyl (C=O) groups excluding carboxylic acids is 1. The SMILES string of the molecule is [CH]c1cncc(C(=O)N(C)CC)c1. The highest BCUT2D eigenvalue weighted by Gasteiger charge is 2.09. The molecule has 3 heteroatoms. The van der Waals surface area contributed by atoms with E-state index >= 15 is 0 Å². The number of amides is 1. The first-order chi connectivity index (χ1) is 6.15. The van der Waals surface area contributed by atoms with Crippen molar-refractivity contribution in [2.75, 3.05) is 13.6 Å². The minimum Gasteiger partial charge on any atom is -0.342 e. The molecule has 0 saturated carbocycles. The summed E-state index contributed by atoms with van der Waals surface area (Å²) in [6.07, 6.45) is 3.04. The van der Waals surface area contributed by atoms with Gasteiger partial charge in [-0.1, -0.05) is 0 Å². The highest BCUT2D eigenvalue weighted by atomic mass is 16.2. The molecule has 1 aromatic heterocycles. The molecule has 1 amide bonds. The Balaban J connectivity index is 2.89. The van der Waals surface area contributed by atoms with E-state index in [0.717, 1.165) is 0 Å². The number of pyridine rings is 1. The maximum absolute atomic E-state index is 11.6. The molecule has 0 bridgehead atoms. The van der Waals surface area contributed by atoms with Crippen molar-refractivity contribution in [3.8, 4) is 0 Å².